The molecule has 0 aliphatic carbocycles. The van der Waals surface area contributed by atoms with Crippen LogP contribution in [0.2, 0.25) is 0 Å². The number of Topliss-reactive ketones (excluding diaryl/α,β-unsaturated/α-hetero) is 1. The van der Waals surface area contributed by atoms with Crippen LogP contribution in [0.1, 0.15) is 36.9 Å². The summed E-state index contributed by atoms with van der Waals surface area (Å²) in [5.41, 5.74) is 2.29. The lowest BCUT2D eigenvalue weighted by molar-refractivity contribution is -0.117. The molecule has 1 amide bonds. The largest absolute Gasteiger partial charge is 0.503 e. The normalized spacial score (nSPS) is 16.9. The molecule has 28 heavy (non-hydrogen) atoms. The summed E-state index contributed by atoms with van der Waals surface area (Å²) in [6, 6.07) is 10.6. The maximum Gasteiger partial charge on any atom is 0.294 e. The third-order valence-electron chi connectivity index (χ3n) is 4.75. The van der Waals surface area contributed by atoms with Crippen LogP contribution in [-0.4, -0.2) is 21.8 Å². The van der Waals surface area contributed by atoms with E-state index in [1.54, 1.807) is 6.92 Å². The van der Waals surface area contributed by atoms with E-state index in [0.29, 0.717) is 16.3 Å². The highest BCUT2D eigenvalue weighted by Crippen LogP contribution is 2.44. The highest BCUT2D eigenvalue weighted by Gasteiger charge is 2.46. The third kappa shape index (κ3) is 2.87. The molecule has 1 aliphatic heterocycles. The number of hydrogen-bond acceptors (Lipinski definition) is 6. The lowest BCUT2D eigenvalue weighted by Gasteiger charge is -2.27. The van der Waals surface area contributed by atoms with Crippen LogP contribution >= 0.6 is 22.7 Å². The number of rotatable bonds is 4. The summed E-state index contributed by atoms with van der Waals surface area (Å²) in [5.74, 6) is -1.39. The molecule has 0 radical (unpaired) electrons. The quantitative estimate of drug-likeness (QED) is 0.620. The van der Waals surface area contributed by atoms with Crippen LogP contribution in [0.25, 0.3) is 0 Å². The maximum atomic E-state index is 13.4. The molecule has 0 saturated carbocycles. The number of ketones is 1. The van der Waals surface area contributed by atoms with Crippen molar-refractivity contribution in [2.24, 2.45) is 0 Å². The van der Waals surface area contributed by atoms with E-state index < -0.39 is 17.7 Å². The standard InChI is InChI=1S/C21H18N2O3S2/c1-11-7-4-5-8-14(11)23-17(15-9-6-10-27-15)16(19(25)21(23)26)18(24)20-12(2)22-13(3)28-20/h4-10,17,25H,1-3H3. The molecule has 142 valence electrons. The highest BCUT2D eigenvalue weighted by atomic mass is 32.1. The summed E-state index contributed by atoms with van der Waals surface area (Å²) in [6.07, 6.45) is 0. The minimum absolute atomic E-state index is 0.113. The smallest absolute Gasteiger partial charge is 0.294 e. The van der Waals surface area contributed by atoms with Crippen LogP contribution in [0.15, 0.2) is 53.1 Å². The Morgan fingerprint density at radius 3 is 2.50 bits per heavy atom. The predicted octanol–water partition coefficient (Wildman–Crippen LogP) is 4.91. The van der Waals surface area contributed by atoms with Gasteiger partial charge in [0.15, 0.2) is 5.76 Å². The molecule has 2 aromatic heterocycles. The summed E-state index contributed by atoms with van der Waals surface area (Å²) in [5, 5.41) is 13.4. The molecule has 1 N–H and O–H groups in total. The van der Waals surface area contributed by atoms with Crippen molar-refractivity contribution < 1.29 is 14.7 Å². The topological polar surface area (TPSA) is 70.5 Å². The van der Waals surface area contributed by atoms with Crippen LogP contribution in [-0.2, 0) is 4.79 Å². The Bertz CT molecular complexity index is 1110. The SMILES string of the molecule is Cc1nc(C)c(C(=O)C2=C(O)C(=O)N(c3ccccc3C)C2c2cccs2)s1. The number of aliphatic hydroxyl groups excluding tert-OH is 1. The van der Waals surface area contributed by atoms with Gasteiger partial charge in [-0.25, -0.2) is 4.98 Å². The molecule has 0 spiro atoms. The van der Waals surface area contributed by atoms with Crippen molar-refractivity contribution in [1.29, 1.82) is 0 Å². The van der Waals surface area contributed by atoms with E-state index in [1.807, 2.05) is 55.6 Å². The van der Waals surface area contributed by atoms with E-state index in [0.717, 1.165) is 15.4 Å². The molecule has 3 heterocycles. The van der Waals surface area contributed by atoms with Crippen molar-refractivity contribution >= 4 is 40.1 Å². The van der Waals surface area contributed by atoms with Crippen LogP contribution in [0.4, 0.5) is 5.69 Å². The van der Waals surface area contributed by atoms with E-state index in [4.69, 9.17) is 0 Å². The lowest BCUT2D eigenvalue weighted by atomic mass is 9.99. The molecule has 7 heteroatoms. The lowest BCUT2D eigenvalue weighted by Crippen LogP contribution is -2.31. The highest BCUT2D eigenvalue weighted by molar-refractivity contribution is 7.14. The van der Waals surface area contributed by atoms with Crippen LogP contribution in [0.5, 0.6) is 0 Å². The molecule has 1 aromatic carbocycles. The molecule has 1 atom stereocenters. The van der Waals surface area contributed by atoms with Crippen LogP contribution < -0.4 is 4.90 Å². The number of amides is 1. The molecule has 0 saturated heterocycles. The Morgan fingerprint density at radius 2 is 1.89 bits per heavy atom. The Morgan fingerprint density at radius 1 is 1.14 bits per heavy atom. The molecule has 4 rings (SSSR count). The number of carbonyl (C=O) groups is 2. The number of hydrogen-bond donors (Lipinski definition) is 1. The number of thiazole rings is 1. The van der Waals surface area contributed by atoms with E-state index >= 15 is 0 Å². The number of aryl methyl sites for hydroxylation is 3. The number of thiophene rings is 1. The second-order valence-electron chi connectivity index (χ2n) is 6.62. The minimum atomic E-state index is -0.664. The van der Waals surface area contributed by atoms with Gasteiger partial charge in [-0.2, -0.15) is 0 Å². The number of benzene rings is 1. The number of carbonyl (C=O) groups excluding carboxylic acids is 2. The number of para-hydroxylation sites is 1. The molecule has 0 fully saturated rings. The van der Waals surface area contributed by atoms with Crippen molar-refractivity contribution in [2.75, 3.05) is 4.90 Å². The zero-order valence-electron chi connectivity index (χ0n) is 15.6. The van der Waals surface area contributed by atoms with Gasteiger partial charge in [0, 0.05) is 10.6 Å². The van der Waals surface area contributed by atoms with Gasteiger partial charge in [0.2, 0.25) is 5.78 Å². The van der Waals surface area contributed by atoms with Gasteiger partial charge in [-0.1, -0.05) is 24.3 Å². The van der Waals surface area contributed by atoms with E-state index in [-0.39, 0.29) is 11.4 Å². The van der Waals surface area contributed by atoms with E-state index in [2.05, 4.69) is 4.98 Å². The fourth-order valence-electron chi connectivity index (χ4n) is 3.50. The first kappa shape index (κ1) is 18.6. The number of nitrogens with zero attached hydrogens (tertiary/aromatic N) is 2. The van der Waals surface area contributed by atoms with Gasteiger partial charge in [0.1, 0.15) is 6.04 Å². The first-order chi connectivity index (χ1) is 13.4. The van der Waals surface area contributed by atoms with Crippen molar-refractivity contribution in [3.8, 4) is 0 Å². The average molecular weight is 411 g/mol. The first-order valence-corrected chi connectivity index (χ1v) is 10.4. The number of anilines is 1. The molecule has 1 unspecified atom stereocenters. The van der Waals surface area contributed by atoms with Gasteiger partial charge in [-0.05, 0) is 43.8 Å². The maximum absolute atomic E-state index is 13.4. The Hall–Kier alpha value is -2.77. The zero-order valence-corrected chi connectivity index (χ0v) is 17.2. The fraction of sp³-hybridized carbons (Fsp3) is 0.190. The number of aromatic nitrogens is 1. The predicted molar refractivity (Wildman–Crippen MR) is 111 cm³/mol. The second kappa shape index (κ2) is 7.00. The first-order valence-electron chi connectivity index (χ1n) is 8.74. The molecule has 5 nitrogen and oxygen atoms in total. The summed E-state index contributed by atoms with van der Waals surface area (Å²) >= 11 is 2.73. The Labute approximate surface area is 170 Å². The zero-order chi connectivity index (χ0) is 20.0. The average Bonchev–Trinajstić information content (AvgIpc) is 3.35. The summed E-state index contributed by atoms with van der Waals surface area (Å²) in [4.78, 5) is 33.6. The Balaban J connectivity index is 1.89. The summed E-state index contributed by atoms with van der Waals surface area (Å²) in [6.45, 7) is 5.50. The van der Waals surface area contributed by atoms with Gasteiger partial charge >= 0.3 is 0 Å². The van der Waals surface area contributed by atoms with Crippen molar-refractivity contribution in [3.63, 3.8) is 0 Å². The van der Waals surface area contributed by atoms with Crippen molar-refractivity contribution in [2.45, 2.75) is 26.8 Å². The van der Waals surface area contributed by atoms with Crippen molar-refractivity contribution in [3.05, 3.63) is 79.1 Å². The van der Waals surface area contributed by atoms with Gasteiger partial charge in [-0.15, -0.1) is 22.7 Å². The second-order valence-corrected chi connectivity index (χ2v) is 8.80. The van der Waals surface area contributed by atoms with Gasteiger partial charge in [0.05, 0.1) is 21.2 Å². The Kier molecular flexibility index (Phi) is 4.64. The minimum Gasteiger partial charge on any atom is -0.503 e. The number of aliphatic hydroxyl groups is 1. The summed E-state index contributed by atoms with van der Waals surface area (Å²) < 4.78 is 0. The fourth-order valence-corrected chi connectivity index (χ4v) is 5.20. The third-order valence-corrected chi connectivity index (χ3v) is 6.75. The molecular weight excluding hydrogens is 392 g/mol. The van der Waals surface area contributed by atoms with Gasteiger partial charge in [-0.3, -0.25) is 14.5 Å². The van der Waals surface area contributed by atoms with Crippen LogP contribution in [0.3, 0.4) is 0 Å². The monoisotopic (exact) mass is 410 g/mol. The molecule has 3 aromatic rings. The molecule has 0 bridgehead atoms. The van der Waals surface area contributed by atoms with E-state index in [1.165, 1.54) is 27.6 Å². The molecule has 1 aliphatic rings. The van der Waals surface area contributed by atoms with E-state index in [9.17, 15) is 14.7 Å². The summed E-state index contributed by atoms with van der Waals surface area (Å²) in [7, 11) is 0. The van der Waals surface area contributed by atoms with Gasteiger partial charge in [0.25, 0.3) is 5.91 Å². The van der Waals surface area contributed by atoms with Crippen LogP contribution in [0, 0.1) is 20.8 Å². The van der Waals surface area contributed by atoms with Gasteiger partial charge < -0.3 is 5.11 Å². The molecular formula is C21H18N2O3S2. The van der Waals surface area contributed by atoms with Crippen molar-refractivity contribution in [1.82, 2.24) is 4.98 Å².